The molecule has 190 valence electrons. The number of piperidine rings is 1. The smallest absolute Gasteiger partial charge is 0.334 e. The number of nitrogen functional groups attached to an aromatic ring is 1. The van der Waals surface area contributed by atoms with Crippen LogP contribution >= 0.6 is 0 Å². The van der Waals surface area contributed by atoms with Crippen LogP contribution in [0.15, 0.2) is 78.2 Å². The van der Waals surface area contributed by atoms with Crippen molar-refractivity contribution in [2.24, 2.45) is 0 Å². The zero-order valence-corrected chi connectivity index (χ0v) is 20.7. The summed E-state index contributed by atoms with van der Waals surface area (Å²) in [4.78, 5) is 32.0. The van der Waals surface area contributed by atoms with Crippen LogP contribution in [0.2, 0.25) is 0 Å². The Morgan fingerprint density at radius 2 is 1.86 bits per heavy atom. The van der Waals surface area contributed by atoms with E-state index in [2.05, 4.69) is 11.6 Å². The number of nitrogens with zero attached hydrogens (tertiary/aromatic N) is 4. The fraction of sp³-hybridized carbons (Fsp3) is 0.250. The monoisotopic (exact) mass is 499 g/mol. The molecular weight excluding hydrogens is 470 g/mol. The summed E-state index contributed by atoms with van der Waals surface area (Å²) < 4.78 is 14.4. The number of hydrogen-bond acceptors (Lipinski definition) is 6. The maximum absolute atomic E-state index is 13.8. The highest BCUT2D eigenvalue weighted by Crippen LogP contribution is 2.29. The number of amides is 1. The molecule has 1 aliphatic rings. The second kappa shape index (κ2) is 10.2. The van der Waals surface area contributed by atoms with E-state index >= 15 is 0 Å². The Balaban J connectivity index is 1.45. The van der Waals surface area contributed by atoms with Crippen LogP contribution in [0.5, 0.6) is 11.5 Å². The second-order valence-corrected chi connectivity index (χ2v) is 8.97. The predicted octanol–water partition coefficient (Wildman–Crippen LogP) is 3.71. The number of pyridine rings is 1. The topological polar surface area (TPSA) is 105 Å². The number of aromatic nitrogens is 3. The summed E-state index contributed by atoms with van der Waals surface area (Å²) in [6.45, 7) is 5.08. The number of imidazole rings is 1. The maximum atomic E-state index is 13.8. The average Bonchev–Trinajstić information content (AvgIpc) is 3.25. The predicted molar refractivity (Wildman–Crippen MR) is 142 cm³/mol. The van der Waals surface area contributed by atoms with Crippen molar-refractivity contribution in [3.63, 3.8) is 0 Å². The average molecular weight is 500 g/mol. The van der Waals surface area contributed by atoms with Crippen LogP contribution in [0, 0.1) is 0 Å². The first-order valence-corrected chi connectivity index (χ1v) is 12.1. The molecule has 1 amide bonds. The number of rotatable bonds is 7. The summed E-state index contributed by atoms with van der Waals surface area (Å²) >= 11 is 0. The SMILES string of the molecule is C=CC(=O)N1CCC[C@@H](n2c(=O)n(-c3ccc(OCc4ccc(OC)cc4)cc3)c3c(N)nccc32)C1. The molecule has 2 aromatic heterocycles. The van der Waals surface area contributed by atoms with E-state index < -0.39 is 0 Å². The third-order valence-electron chi connectivity index (χ3n) is 6.72. The molecule has 1 atom stereocenters. The molecule has 1 saturated heterocycles. The molecule has 2 N–H and O–H groups in total. The van der Waals surface area contributed by atoms with E-state index in [9.17, 15) is 9.59 Å². The lowest BCUT2D eigenvalue weighted by molar-refractivity contribution is -0.127. The van der Waals surface area contributed by atoms with Gasteiger partial charge in [-0.05, 0) is 66.9 Å². The third-order valence-corrected chi connectivity index (χ3v) is 6.72. The minimum absolute atomic E-state index is 0.132. The van der Waals surface area contributed by atoms with Gasteiger partial charge in [-0.2, -0.15) is 0 Å². The Morgan fingerprint density at radius 3 is 2.57 bits per heavy atom. The number of likely N-dealkylation sites (tertiary alicyclic amines) is 1. The second-order valence-electron chi connectivity index (χ2n) is 8.97. The van der Waals surface area contributed by atoms with Crippen LogP contribution < -0.4 is 20.9 Å². The summed E-state index contributed by atoms with van der Waals surface area (Å²) in [6.07, 6.45) is 4.49. The molecule has 3 heterocycles. The number of methoxy groups -OCH3 is 1. The Labute approximate surface area is 214 Å². The molecule has 1 aliphatic heterocycles. The summed E-state index contributed by atoms with van der Waals surface area (Å²) in [5.41, 5.74) is 8.95. The fourth-order valence-electron chi connectivity index (χ4n) is 4.86. The molecule has 9 heteroatoms. The Kier molecular flexibility index (Phi) is 6.68. The molecule has 0 bridgehead atoms. The van der Waals surface area contributed by atoms with Crippen molar-refractivity contribution in [3.05, 3.63) is 89.5 Å². The van der Waals surface area contributed by atoms with E-state index in [0.717, 1.165) is 24.2 Å². The van der Waals surface area contributed by atoms with Crippen molar-refractivity contribution >= 4 is 22.8 Å². The minimum atomic E-state index is -0.223. The van der Waals surface area contributed by atoms with Crippen molar-refractivity contribution in [1.82, 2.24) is 19.0 Å². The van der Waals surface area contributed by atoms with E-state index in [1.54, 1.807) is 33.4 Å². The maximum Gasteiger partial charge on any atom is 0.334 e. The van der Waals surface area contributed by atoms with Gasteiger partial charge in [-0.1, -0.05) is 18.7 Å². The summed E-state index contributed by atoms with van der Waals surface area (Å²) in [6, 6.07) is 16.6. The Morgan fingerprint density at radius 1 is 1.14 bits per heavy atom. The highest BCUT2D eigenvalue weighted by Gasteiger charge is 2.28. The van der Waals surface area contributed by atoms with E-state index in [0.29, 0.717) is 42.2 Å². The lowest BCUT2D eigenvalue weighted by atomic mass is 10.1. The van der Waals surface area contributed by atoms with Gasteiger partial charge in [0.05, 0.1) is 24.4 Å². The number of carbonyl (C=O) groups is 1. The van der Waals surface area contributed by atoms with Crippen molar-refractivity contribution in [3.8, 4) is 17.2 Å². The van der Waals surface area contributed by atoms with Crippen molar-refractivity contribution in [2.75, 3.05) is 25.9 Å². The molecule has 2 aromatic carbocycles. The van der Waals surface area contributed by atoms with Crippen molar-refractivity contribution < 1.29 is 14.3 Å². The van der Waals surface area contributed by atoms with Gasteiger partial charge in [-0.3, -0.25) is 13.9 Å². The zero-order chi connectivity index (χ0) is 25.9. The summed E-state index contributed by atoms with van der Waals surface area (Å²) in [7, 11) is 1.63. The standard InChI is InChI=1S/C28H29N5O4/c1-3-25(34)31-16-4-5-21(17-31)32-24-14-15-30-27(29)26(24)33(28(32)35)20-8-12-23(13-9-20)37-18-19-6-10-22(36-2)11-7-19/h3,6-15,21H,1,4-5,16-18H2,2H3,(H2,29,30)/t21-/m1/s1. The molecule has 37 heavy (non-hydrogen) atoms. The quantitative estimate of drug-likeness (QED) is 0.389. The number of anilines is 1. The molecule has 1 fully saturated rings. The van der Waals surface area contributed by atoms with Gasteiger partial charge < -0.3 is 20.1 Å². The number of benzene rings is 2. The van der Waals surface area contributed by atoms with Gasteiger partial charge in [0.2, 0.25) is 5.91 Å². The Bertz CT molecular complexity index is 1490. The van der Waals surface area contributed by atoms with E-state index in [1.807, 2.05) is 48.5 Å². The number of ether oxygens (including phenoxy) is 2. The van der Waals surface area contributed by atoms with Crippen molar-refractivity contribution in [1.29, 1.82) is 0 Å². The molecule has 0 unspecified atom stereocenters. The first-order valence-electron chi connectivity index (χ1n) is 12.1. The zero-order valence-electron chi connectivity index (χ0n) is 20.7. The van der Waals surface area contributed by atoms with Gasteiger partial charge in [-0.25, -0.2) is 9.78 Å². The largest absolute Gasteiger partial charge is 0.497 e. The highest BCUT2D eigenvalue weighted by molar-refractivity contribution is 5.88. The minimum Gasteiger partial charge on any atom is -0.497 e. The molecule has 0 saturated carbocycles. The molecule has 5 rings (SSSR count). The summed E-state index contributed by atoms with van der Waals surface area (Å²) in [5, 5.41) is 0. The number of carbonyl (C=O) groups excluding carboxylic acids is 1. The van der Waals surface area contributed by atoms with E-state index in [4.69, 9.17) is 15.2 Å². The molecule has 0 aliphatic carbocycles. The lowest BCUT2D eigenvalue weighted by Crippen LogP contribution is -2.42. The van der Waals surface area contributed by atoms with Gasteiger partial charge in [0.1, 0.15) is 29.4 Å². The van der Waals surface area contributed by atoms with Gasteiger partial charge in [-0.15, -0.1) is 0 Å². The first kappa shape index (κ1) is 24.2. The molecular formula is C28H29N5O4. The van der Waals surface area contributed by atoms with Gasteiger partial charge in [0.15, 0.2) is 0 Å². The fourth-order valence-corrected chi connectivity index (χ4v) is 4.86. The number of hydrogen-bond donors (Lipinski definition) is 1. The van der Waals surface area contributed by atoms with Gasteiger partial charge in [0, 0.05) is 19.3 Å². The molecule has 4 aromatic rings. The van der Waals surface area contributed by atoms with Crippen LogP contribution in [-0.4, -0.2) is 45.1 Å². The molecule has 0 radical (unpaired) electrons. The van der Waals surface area contributed by atoms with Crippen LogP contribution in [0.25, 0.3) is 16.7 Å². The third kappa shape index (κ3) is 4.67. The number of nitrogens with two attached hydrogens (primary N) is 1. The number of fused-ring (bicyclic) bond motifs is 1. The van der Waals surface area contributed by atoms with Gasteiger partial charge >= 0.3 is 5.69 Å². The molecule has 0 spiro atoms. The Hall–Kier alpha value is -4.53. The molecule has 9 nitrogen and oxygen atoms in total. The van der Waals surface area contributed by atoms with Crippen LogP contribution in [0.3, 0.4) is 0 Å². The lowest BCUT2D eigenvalue weighted by Gasteiger charge is -2.32. The van der Waals surface area contributed by atoms with Gasteiger partial charge in [0.25, 0.3) is 0 Å². The van der Waals surface area contributed by atoms with Crippen molar-refractivity contribution in [2.45, 2.75) is 25.5 Å². The van der Waals surface area contributed by atoms with Crippen LogP contribution in [-0.2, 0) is 11.4 Å². The first-order chi connectivity index (χ1) is 18.0. The highest BCUT2D eigenvalue weighted by atomic mass is 16.5. The van der Waals surface area contributed by atoms with Crippen LogP contribution in [0.4, 0.5) is 5.82 Å². The van der Waals surface area contributed by atoms with E-state index in [1.165, 1.54) is 6.08 Å². The van der Waals surface area contributed by atoms with Crippen LogP contribution in [0.1, 0.15) is 24.4 Å². The summed E-state index contributed by atoms with van der Waals surface area (Å²) in [5.74, 6) is 1.60. The normalized spacial score (nSPS) is 15.5. The van der Waals surface area contributed by atoms with E-state index in [-0.39, 0.29) is 23.5 Å².